The number of nitrogens with one attached hydrogen (secondary N) is 1. The van der Waals surface area contributed by atoms with Crippen LogP contribution in [0.25, 0.3) is 17.2 Å². The van der Waals surface area contributed by atoms with Gasteiger partial charge in [0.25, 0.3) is 0 Å². The zero-order chi connectivity index (χ0) is 21.5. The normalized spacial score (nSPS) is 12.8. The molecule has 1 aliphatic rings. The standard InChI is InChI=1S/C26H24N2O3/c29-26(27-15-6-5-8-19-9-7-10-20(16-19)17-28-30)31-18-25-23-13-3-1-11-21(23)22-12-2-4-14-24(22)25/h1-5,7-14,16-17,25,30H,6,15,18H2,(H,27,29). The van der Waals surface area contributed by atoms with Gasteiger partial charge in [-0.3, -0.25) is 0 Å². The highest BCUT2D eigenvalue weighted by Crippen LogP contribution is 2.44. The number of oxime groups is 1. The first-order valence-corrected chi connectivity index (χ1v) is 10.3. The average Bonchev–Trinajstić information content (AvgIpc) is 3.12. The van der Waals surface area contributed by atoms with Gasteiger partial charge in [0.15, 0.2) is 0 Å². The highest BCUT2D eigenvalue weighted by Gasteiger charge is 2.28. The van der Waals surface area contributed by atoms with Gasteiger partial charge in [0.05, 0.1) is 6.21 Å². The Bertz CT molecular complexity index is 1080. The molecule has 0 aromatic heterocycles. The number of nitrogens with zero attached hydrogens (tertiary/aromatic N) is 1. The predicted molar refractivity (Wildman–Crippen MR) is 123 cm³/mol. The number of ether oxygens (including phenoxy) is 1. The van der Waals surface area contributed by atoms with Crippen LogP contribution in [0.15, 0.2) is 84.0 Å². The molecule has 0 aliphatic heterocycles. The summed E-state index contributed by atoms with van der Waals surface area (Å²) in [5, 5.41) is 14.5. The Balaban J connectivity index is 1.26. The van der Waals surface area contributed by atoms with Crippen molar-refractivity contribution in [2.24, 2.45) is 5.16 Å². The van der Waals surface area contributed by atoms with Gasteiger partial charge in [0.2, 0.25) is 0 Å². The van der Waals surface area contributed by atoms with Crippen LogP contribution in [0.1, 0.15) is 34.6 Å². The molecule has 5 heteroatoms. The molecule has 31 heavy (non-hydrogen) atoms. The lowest BCUT2D eigenvalue weighted by molar-refractivity contribution is 0.143. The van der Waals surface area contributed by atoms with Crippen molar-refractivity contribution in [2.75, 3.05) is 13.2 Å². The van der Waals surface area contributed by atoms with Crippen LogP contribution in [0, 0.1) is 0 Å². The summed E-state index contributed by atoms with van der Waals surface area (Å²) in [4.78, 5) is 12.2. The smallest absolute Gasteiger partial charge is 0.407 e. The maximum absolute atomic E-state index is 12.2. The minimum absolute atomic E-state index is 0.0628. The molecule has 0 heterocycles. The van der Waals surface area contributed by atoms with Crippen molar-refractivity contribution in [1.29, 1.82) is 0 Å². The third kappa shape index (κ3) is 4.83. The van der Waals surface area contributed by atoms with Crippen LogP contribution in [0.4, 0.5) is 4.79 Å². The van der Waals surface area contributed by atoms with E-state index in [9.17, 15) is 4.79 Å². The predicted octanol–water partition coefficient (Wildman–Crippen LogP) is 5.44. The molecule has 0 saturated carbocycles. The van der Waals surface area contributed by atoms with Crippen LogP contribution < -0.4 is 5.32 Å². The quantitative estimate of drug-likeness (QED) is 0.235. The SMILES string of the molecule is O=C(NCCC=Cc1cccc(C=NO)c1)OCC1c2ccccc2-c2ccccc21. The maximum Gasteiger partial charge on any atom is 0.407 e. The van der Waals surface area contributed by atoms with E-state index in [-0.39, 0.29) is 5.92 Å². The van der Waals surface area contributed by atoms with E-state index in [2.05, 4.69) is 34.7 Å². The minimum Gasteiger partial charge on any atom is -0.449 e. The summed E-state index contributed by atoms with van der Waals surface area (Å²) < 4.78 is 5.53. The molecule has 0 unspecified atom stereocenters. The molecule has 0 atom stereocenters. The summed E-state index contributed by atoms with van der Waals surface area (Å²) in [6.07, 6.45) is 5.61. The van der Waals surface area contributed by atoms with Crippen molar-refractivity contribution >= 4 is 18.4 Å². The van der Waals surface area contributed by atoms with Crippen molar-refractivity contribution < 1.29 is 14.7 Å². The summed E-state index contributed by atoms with van der Waals surface area (Å²) in [6.45, 7) is 0.805. The highest BCUT2D eigenvalue weighted by atomic mass is 16.5. The van der Waals surface area contributed by atoms with Gasteiger partial charge in [0, 0.05) is 12.5 Å². The first-order chi connectivity index (χ1) is 15.3. The average molecular weight is 412 g/mol. The van der Waals surface area contributed by atoms with Crippen LogP contribution >= 0.6 is 0 Å². The number of fused-ring (bicyclic) bond motifs is 3. The Morgan fingerprint density at radius 2 is 1.65 bits per heavy atom. The van der Waals surface area contributed by atoms with Crippen molar-refractivity contribution in [2.45, 2.75) is 12.3 Å². The topological polar surface area (TPSA) is 70.9 Å². The Hall–Kier alpha value is -3.86. The summed E-state index contributed by atoms with van der Waals surface area (Å²) in [5.41, 5.74) is 6.65. The van der Waals surface area contributed by atoms with Crippen molar-refractivity contribution in [1.82, 2.24) is 5.32 Å². The number of alkyl carbamates (subject to hydrolysis) is 1. The van der Waals surface area contributed by atoms with Gasteiger partial charge in [-0.05, 0) is 45.9 Å². The number of carbonyl (C=O) groups excluding carboxylic acids is 1. The van der Waals surface area contributed by atoms with Crippen LogP contribution in [-0.2, 0) is 4.74 Å². The number of amides is 1. The van der Waals surface area contributed by atoms with E-state index in [1.54, 1.807) is 0 Å². The highest BCUT2D eigenvalue weighted by molar-refractivity contribution is 5.80. The van der Waals surface area contributed by atoms with E-state index >= 15 is 0 Å². The van der Waals surface area contributed by atoms with E-state index in [0.717, 1.165) is 11.1 Å². The van der Waals surface area contributed by atoms with E-state index in [1.807, 2.05) is 60.7 Å². The summed E-state index contributed by atoms with van der Waals surface area (Å²) in [6, 6.07) is 24.2. The van der Waals surface area contributed by atoms with E-state index < -0.39 is 6.09 Å². The summed E-state index contributed by atoms with van der Waals surface area (Å²) in [7, 11) is 0. The third-order valence-corrected chi connectivity index (χ3v) is 5.35. The second kappa shape index (κ2) is 9.76. The fourth-order valence-electron chi connectivity index (χ4n) is 3.94. The van der Waals surface area contributed by atoms with E-state index in [0.29, 0.717) is 19.6 Å². The van der Waals surface area contributed by atoms with Crippen LogP contribution in [-0.4, -0.2) is 30.7 Å². The van der Waals surface area contributed by atoms with Gasteiger partial charge in [-0.25, -0.2) is 4.79 Å². The van der Waals surface area contributed by atoms with Crippen LogP contribution in [0.2, 0.25) is 0 Å². The molecule has 0 fully saturated rings. The molecule has 1 aliphatic carbocycles. The van der Waals surface area contributed by atoms with Gasteiger partial charge in [-0.1, -0.05) is 84.0 Å². The molecule has 3 aromatic rings. The van der Waals surface area contributed by atoms with Crippen LogP contribution in [0.3, 0.4) is 0 Å². The Morgan fingerprint density at radius 1 is 0.968 bits per heavy atom. The number of hydrogen-bond acceptors (Lipinski definition) is 4. The summed E-state index contributed by atoms with van der Waals surface area (Å²) in [5.74, 6) is 0.0628. The second-order valence-electron chi connectivity index (χ2n) is 7.36. The molecule has 5 nitrogen and oxygen atoms in total. The zero-order valence-electron chi connectivity index (χ0n) is 17.1. The number of rotatable bonds is 7. The molecule has 0 spiro atoms. The number of hydrogen-bond donors (Lipinski definition) is 2. The van der Waals surface area contributed by atoms with E-state index in [1.165, 1.54) is 28.5 Å². The van der Waals surface area contributed by atoms with Gasteiger partial charge in [-0.15, -0.1) is 0 Å². The molecule has 4 rings (SSSR count). The monoisotopic (exact) mass is 412 g/mol. The van der Waals surface area contributed by atoms with E-state index in [4.69, 9.17) is 9.94 Å². The van der Waals surface area contributed by atoms with Crippen molar-refractivity contribution in [3.8, 4) is 11.1 Å². The Kier molecular flexibility index (Phi) is 6.43. The first-order valence-electron chi connectivity index (χ1n) is 10.3. The minimum atomic E-state index is -0.406. The van der Waals surface area contributed by atoms with Gasteiger partial charge >= 0.3 is 6.09 Å². The molecule has 3 aromatic carbocycles. The number of carbonyl (C=O) groups is 1. The zero-order valence-corrected chi connectivity index (χ0v) is 17.1. The largest absolute Gasteiger partial charge is 0.449 e. The maximum atomic E-state index is 12.2. The molecule has 2 N–H and O–H groups in total. The molecule has 156 valence electrons. The third-order valence-electron chi connectivity index (χ3n) is 5.35. The number of benzene rings is 3. The Labute approximate surface area is 181 Å². The first kappa shape index (κ1) is 20.4. The molecule has 0 saturated heterocycles. The van der Waals surface area contributed by atoms with Crippen molar-refractivity contribution in [3.05, 3.63) is 101 Å². The van der Waals surface area contributed by atoms with Gasteiger partial charge < -0.3 is 15.3 Å². The fourth-order valence-corrected chi connectivity index (χ4v) is 3.94. The van der Waals surface area contributed by atoms with Crippen LogP contribution in [0.5, 0.6) is 0 Å². The molecular formula is C26H24N2O3. The summed E-state index contributed by atoms with van der Waals surface area (Å²) >= 11 is 0. The second-order valence-corrected chi connectivity index (χ2v) is 7.36. The van der Waals surface area contributed by atoms with Crippen molar-refractivity contribution in [3.63, 3.8) is 0 Å². The molecule has 0 radical (unpaired) electrons. The lowest BCUT2D eigenvalue weighted by Gasteiger charge is -2.14. The lowest BCUT2D eigenvalue weighted by Crippen LogP contribution is -2.26. The fraction of sp³-hybridized carbons (Fsp3) is 0.154. The lowest BCUT2D eigenvalue weighted by atomic mass is 9.98. The Morgan fingerprint density at radius 3 is 2.35 bits per heavy atom. The molecular weight excluding hydrogens is 388 g/mol. The molecule has 0 bridgehead atoms. The van der Waals surface area contributed by atoms with Gasteiger partial charge in [0.1, 0.15) is 6.61 Å². The molecule has 1 amide bonds. The van der Waals surface area contributed by atoms with Gasteiger partial charge in [-0.2, -0.15) is 0 Å².